The summed E-state index contributed by atoms with van der Waals surface area (Å²) in [4.78, 5) is 45.6. The summed E-state index contributed by atoms with van der Waals surface area (Å²) >= 11 is 0. The van der Waals surface area contributed by atoms with E-state index < -0.39 is 0 Å². The summed E-state index contributed by atoms with van der Waals surface area (Å²) in [5.41, 5.74) is 31.0. The molecule has 0 fully saturated rings. The molecule has 3 aromatic heterocycles. The van der Waals surface area contributed by atoms with Crippen LogP contribution in [0.25, 0.3) is 66.6 Å². The molecule has 2 aliphatic heterocycles. The van der Waals surface area contributed by atoms with Crippen LogP contribution in [0.1, 0.15) is 93.4 Å². The summed E-state index contributed by atoms with van der Waals surface area (Å²) in [6.07, 6.45) is 0. The largest absolute Gasteiger partial charge is 0.354 e. The Morgan fingerprint density at radius 1 is 0.554 bits per heavy atom. The van der Waals surface area contributed by atoms with Crippen LogP contribution in [0.3, 0.4) is 0 Å². The number of hydrogen-bond donors (Lipinski definition) is 6. The summed E-state index contributed by atoms with van der Waals surface area (Å²) < 4.78 is 0. The minimum atomic E-state index is -0.202. The predicted octanol–water partition coefficient (Wildman–Crippen LogP) is 8.16. The Hall–Kier alpha value is -6.10. The summed E-state index contributed by atoms with van der Waals surface area (Å²) in [5.74, 6) is -0.387. The van der Waals surface area contributed by atoms with Gasteiger partial charge in [-0.3, -0.25) is 9.59 Å². The molecule has 5 aromatic rings. The van der Waals surface area contributed by atoms with E-state index in [0.29, 0.717) is 37.3 Å². The van der Waals surface area contributed by atoms with Crippen LogP contribution in [-0.2, 0) is 0 Å². The third-order valence-electron chi connectivity index (χ3n) is 11.5. The third-order valence-corrected chi connectivity index (χ3v) is 11.5. The topological polar surface area (TPSA) is 168 Å². The van der Waals surface area contributed by atoms with E-state index in [1.165, 1.54) is 0 Å². The molecule has 56 heavy (non-hydrogen) atoms. The van der Waals surface area contributed by atoms with Crippen LogP contribution in [0.5, 0.6) is 0 Å². The van der Waals surface area contributed by atoms with Crippen molar-refractivity contribution in [3.63, 3.8) is 0 Å². The normalized spacial score (nSPS) is 12.8. The number of H-pyrrole nitrogens is 2. The van der Waals surface area contributed by atoms with Crippen LogP contribution in [0.15, 0.2) is 60.7 Å². The SMILES string of the molecule is CC1=C(C)c2nc1cc1[nH]c(c(C)c1C)c(-c1ccccc1C(=O)NCCN)c1[nH]c(cc3nc(c2-c2ccccc2C(=O)NCCN)C(C)=C3C)c(C)c1C. The van der Waals surface area contributed by atoms with Gasteiger partial charge in [0.25, 0.3) is 11.8 Å². The zero-order valence-electron chi connectivity index (χ0n) is 33.5. The molecule has 0 aliphatic carbocycles. The number of aromatic amines is 2. The Morgan fingerprint density at radius 2 is 0.946 bits per heavy atom. The number of aryl methyl sites for hydroxylation is 4. The summed E-state index contributed by atoms with van der Waals surface area (Å²) in [7, 11) is 0. The van der Waals surface area contributed by atoms with Crippen molar-refractivity contribution in [1.82, 2.24) is 30.6 Å². The average Bonchev–Trinajstić information content (AvgIpc) is 3.84. The van der Waals surface area contributed by atoms with Crippen molar-refractivity contribution in [3.8, 4) is 22.3 Å². The Bertz CT molecular complexity index is 2570. The highest BCUT2D eigenvalue weighted by atomic mass is 16.2. The second kappa shape index (κ2) is 15.2. The molecule has 0 saturated carbocycles. The molecule has 2 amide bonds. The highest BCUT2D eigenvalue weighted by molar-refractivity contribution is 6.09. The van der Waals surface area contributed by atoms with E-state index in [1.54, 1.807) is 0 Å². The van der Waals surface area contributed by atoms with E-state index in [2.05, 4.69) is 88.1 Å². The Morgan fingerprint density at radius 3 is 1.36 bits per heavy atom. The number of allylic oxidation sites excluding steroid dienone is 4. The monoisotopic (exact) mass is 746 g/mol. The quantitative estimate of drug-likeness (QED) is 0.0937. The first-order valence-corrected chi connectivity index (χ1v) is 19.1. The van der Waals surface area contributed by atoms with Gasteiger partial charge in [-0.1, -0.05) is 36.4 Å². The molecule has 5 heterocycles. The van der Waals surface area contributed by atoms with E-state index >= 15 is 0 Å². The van der Waals surface area contributed by atoms with Gasteiger partial charge in [0.05, 0.1) is 33.8 Å². The number of amides is 2. The van der Waals surface area contributed by atoms with Gasteiger partial charge in [0, 0.05) is 59.5 Å². The van der Waals surface area contributed by atoms with E-state index in [1.807, 2.05) is 48.5 Å². The number of benzene rings is 2. The zero-order chi connectivity index (χ0) is 40.0. The van der Waals surface area contributed by atoms with E-state index in [0.717, 1.165) is 112 Å². The maximum absolute atomic E-state index is 13.7. The molecule has 0 unspecified atom stereocenters. The van der Waals surface area contributed by atoms with Gasteiger partial charge in [-0.25, -0.2) is 9.97 Å². The maximum Gasteiger partial charge on any atom is 0.251 e. The van der Waals surface area contributed by atoms with Gasteiger partial charge in [-0.05, 0) is 135 Å². The maximum atomic E-state index is 13.7. The minimum Gasteiger partial charge on any atom is -0.354 e. The molecule has 8 N–H and O–H groups in total. The molecule has 2 aliphatic rings. The molecule has 286 valence electrons. The number of nitrogens with zero attached hydrogens (tertiary/aromatic N) is 2. The van der Waals surface area contributed by atoms with Gasteiger partial charge >= 0.3 is 0 Å². The van der Waals surface area contributed by atoms with Crippen molar-refractivity contribution in [3.05, 3.63) is 117 Å². The number of carbonyl (C=O) groups excluding carboxylic acids is 2. The number of nitrogens with two attached hydrogens (primary N) is 2. The Balaban J connectivity index is 1.68. The highest BCUT2D eigenvalue weighted by Crippen LogP contribution is 2.43. The van der Waals surface area contributed by atoms with Crippen LogP contribution in [0, 0.1) is 27.7 Å². The van der Waals surface area contributed by atoms with Gasteiger partial charge in [-0.15, -0.1) is 0 Å². The number of nitrogens with one attached hydrogen (secondary N) is 4. The van der Waals surface area contributed by atoms with E-state index in [-0.39, 0.29) is 11.8 Å². The fourth-order valence-electron chi connectivity index (χ4n) is 7.69. The first-order valence-electron chi connectivity index (χ1n) is 19.1. The van der Waals surface area contributed by atoms with Crippen LogP contribution >= 0.6 is 0 Å². The van der Waals surface area contributed by atoms with Crippen LogP contribution in [0.4, 0.5) is 0 Å². The number of fused-ring (bicyclic) bond motifs is 8. The molecular weight excluding hydrogens is 697 g/mol. The lowest BCUT2D eigenvalue weighted by Crippen LogP contribution is -2.29. The lowest BCUT2D eigenvalue weighted by molar-refractivity contribution is 0.0947. The average molecular weight is 747 g/mol. The van der Waals surface area contributed by atoms with E-state index in [4.69, 9.17) is 21.4 Å². The van der Waals surface area contributed by atoms with Crippen LogP contribution in [-0.4, -0.2) is 57.9 Å². The second-order valence-corrected chi connectivity index (χ2v) is 14.7. The lowest BCUT2D eigenvalue weighted by Gasteiger charge is -2.14. The predicted molar refractivity (Wildman–Crippen MR) is 230 cm³/mol. The number of rotatable bonds is 8. The number of aromatic nitrogens is 4. The highest BCUT2D eigenvalue weighted by Gasteiger charge is 2.27. The standard InChI is InChI=1S/C46H50N8O2/c1-23-27(5)41-39(31-13-9-11-15-33(31)45(55)49-19-17-47)42-29(7)25(3)37(53-42)22-38-26(4)30(8)44(54-38)40(32-14-10-12-16-34(32)46(56)50-20-18-48)43-28(6)24(2)36(52-43)21-35(23)51-41/h9-16,21-22,51,53H,17-20,47-48H2,1-8H3,(H,49,55)(H,50,56). The molecule has 7 rings (SSSR count). The molecule has 10 nitrogen and oxygen atoms in total. The smallest absolute Gasteiger partial charge is 0.251 e. The first-order chi connectivity index (χ1) is 26.9. The van der Waals surface area contributed by atoms with Gasteiger partial charge < -0.3 is 32.1 Å². The summed E-state index contributed by atoms with van der Waals surface area (Å²) in [6.45, 7) is 18.2. The van der Waals surface area contributed by atoms with E-state index in [9.17, 15) is 9.59 Å². The second-order valence-electron chi connectivity index (χ2n) is 14.7. The molecular formula is C46H50N8O2. The van der Waals surface area contributed by atoms with Crippen molar-refractivity contribution < 1.29 is 9.59 Å². The number of hydrogen-bond acceptors (Lipinski definition) is 6. The van der Waals surface area contributed by atoms with Gasteiger partial charge in [0.1, 0.15) is 0 Å². The fourth-order valence-corrected chi connectivity index (χ4v) is 7.69. The molecule has 0 radical (unpaired) electrons. The lowest BCUT2D eigenvalue weighted by atomic mass is 9.91. The van der Waals surface area contributed by atoms with Crippen molar-refractivity contribution >= 4 is 56.2 Å². The Kier molecular flexibility index (Phi) is 10.4. The molecule has 10 heteroatoms. The van der Waals surface area contributed by atoms with Gasteiger partial charge in [-0.2, -0.15) is 0 Å². The van der Waals surface area contributed by atoms with Crippen molar-refractivity contribution in [2.75, 3.05) is 26.2 Å². The fraction of sp³-hybridized carbons (Fsp3) is 0.261. The molecule has 0 spiro atoms. The van der Waals surface area contributed by atoms with Crippen molar-refractivity contribution in [1.29, 1.82) is 0 Å². The third kappa shape index (κ3) is 6.44. The van der Waals surface area contributed by atoms with Gasteiger partial charge in [0.15, 0.2) is 0 Å². The Labute approximate surface area is 327 Å². The molecule has 0 saturated heterocycles. The van der Waals surface area contributed by atoms with Gasteiger partial charge in [0.2, 0.25) is 0 Å². The summed E-state index contributed by atoms with van der Waals surface area (Å²) in [6, 6.07) is 19.6. The van der Waals surface area contributed by atoms with Crippen LogP contribution in [0.2, 0.25) is 0 Å². The van der Waals surface area contributed by atoms with Crippen LogP contribution < -0.4 is 22.1 Å². The zero-order valence-corrected chi connectivity index (χ0v) is 33.5. The minimum absolute atomic E-state index is 0.184. The number of carbonyl (C=O) groups is 2. The molecule has 8 bridgehead atoms. The summed E-state index contributed by atoms with van der Waals surface area (Å²) in [5, 5.41) is 5.95. The van der Waals surface area contributed by atoms with Crippen molar-refractivity contribution in [2.24, 2.45) is 11.5 Å². The first kappa shape index (κ1) is 38.2. The molecule has 0 atom stereocenters. The van der Waals surface area contributed by atoms with Crippen molar-refractivity contribution in [2.45, 2.75) is 55.4 Å². The molecule has 2 aromatic carbocycles.